The molecule has 0 aliphatic heterocycles. The normalized spacial score (nSPS) is 17.3. The van der Waals surface area contributed by atoms with Gasteiger partial charge in [-0.2, -0.15) is 0 Å². The molecule has 3 rings (SSSR count). The summed E-state index contributed by atoms with van der Waals surface area (Å²) in [5, 5.41) is 0. The number of fused-ring (bicyclic) bond motifs is 2. The van der Waals surface area contributed by atoms with Gasteiger partial charge in [0.15, 0.2) is 0 Å². The molecule has 0 saturated carbocycles. The third-order valence-electron chi connectivity index (χ3n) is 5.72. The molecule has 2 heterocycles. The summed E-state index contributed by atoms with van der Waals surface area (Å²) in [4.78, 5) is 20.8. The monoisotopic (exact) mass is 356 g/mol. The van der Waals surface area contributed by atoms with E-state index in [1.54, 1.807) is 0 Å². The number of aromatic amines is 1. The summed E-state index contributed by atoms with van der Waals surface area (Å²) < 4.78 is 5.27. The smallest absolute Gasteiger partial charge is 0.355 e. The van der Waals surface area contributed by atoms with Crippen molar-refractivity contribution in [2.75, 3.05) is 6.61 Å². The van der Waals surface area contributed by atoms with E-state index in [-0.39, 0.29) is 5.97 Å². The summed E-state index contributed by atoms with van der Waals surface area (Å²) in [6, 6.07) is 2.23. The molecule has 0 saturated heterocycles. The lowest BCUT2D eigenvalue weighted by Crippen LogP contribution is -2.27. The van der Waals surface area contributed by atoms with Gasteiger partial charge in [0, 0.05) is 11.3 Å². The summed E-state index contributed by atoms with van der Waals surface area (Å²) in [7, 11) is 0. The summed E-state index contributed by atoms with van der Waals surface area (Å²) in [6.07, 6.45) is 6.28. The molecular weight excluding hydrogens is 324 g/mol. The fourth-order valence-electron chi connectivity index (χ4n) is 4.03. The highest BCUT2D eigenvalue weighted by atomic mass is 16.5. The Hall–Kier alpha value is -1.84. The van der Waals surface area contributed by atoms with Crippen LogP contribution in [-0.2, 0) is 24.0 Å². The maximum absolute atomic E-state index is 12.4. The first-order valence-corrected chi connectivity index (χ1v) is 10.1. The van der Waals surface area contributed by atoms with Gasteiger partial charge in [-0.05, 0) is 62.0 Å². The zero-order valence-electron chi connectivity index (χ0n) is 16.9. The lowest BCUT2D eigenvalue weighted by atomic mass is 9.71. The van der Waals surface area contributed by atoms with Crippen molar-refractivity contribution in [3.8, 4) is 0 Å². The van der Waals surface area contributed by atoms with Crippen molar-refractivity contribution in [2.24, 2.45) is 11.3 Å². The molecule has 0 fully saturated rings. The largest absolute Gasteiger partial charge is 0.461 e. The number of hydrogen-bond acceptors (Lipinski definition) is 3. The lowest BCUT2D eigenvalue weighted by Gasteiger charge is -2.34. The van der Waals surface area contributed by atoms with Crippen molar-refractivity contribution in [3.05, 3.63) is 28.6 Å². The predicted molar refractivity (Wildman–Crippen MR) is 106 cm³/mol. The van der Waals surface area contributed by atoms with E-state index in [1.807, 2.05) is 6.92 Å². The van der Waals surface area contributed by atoms with Gasteiger partial charge in [0.2, 0.25) is 0 Å². The molecule has 1 aliphatic rings. The van der Waals surface area contributed by atoms with Crippen LogP contribution in [0.25, 0.3) is 11.0 Å². The average Bonchev–Trinajstić information content (AvgIpc) is 2.94. The molecule has 0 aromatic carbocycles. The van der Waals surface area contributed by atoms with Crippen LogP contribution >= 0.6 is 0 Å². The van der Waals surface area contributed by atoms with E-state index < -0.39 is 0 Å². The van der Waals surface area contributed by atoms with Crippen LogP contribution in [0.1, 0.15) is 81.2 Å². The molecule has 1 atom stereocenters. The Morgan fingerprint density at radius 2 is 2.12 bits per heavy atom. The Bertz CT molecular complexity index is 799. The van der Waals surface area contributed by atoms with E-state index in [0.717, 1.165) is 48.7 Å². The molecule has 1 unspecified atom stereocenters. The minimum Gasteiger partial charge on any atom is -0.461 e. The van der Waals surface area contributed by atoms with Crippen LogP contribution in [0.15, 0.2) is 6.07 Å². The van der Waals surface area contributed by atoms with Crippen molar-refractivity contribution in [1.29, 1.82) is 0 Å². The number of nitrogens with zero attached hydrogens (tertiary/aromatic N) is 1. The van der Waals surface area contributed by atoms with Crippen LogP contribution < -0.4 is 0 Å². The molecule has 142 valence electrons. The number of pyridine rings is 1. The Morgan fingerprint density at radius 3 is 2.77 bits per heavy atom. The SMILES string of the molecule is CCCCc1c(C(=O)OCC)[nH]c2cc3c(nc12)CCC(C(C)(C)C)C3. The molecule has 0 radical (unpaired) electrons. The second-order valence-corrected chi connectivity index (χ2v) is 8.60. The van der Waals surface area contributed by atoms with Crippen molar-refractivity contribution in [1.82, 2.24) is 9.97 Å². The summed E-state index contributed by atoms with van der Waals surface area (Å²) in [6.45, 7) is 11.4. The van der Waals surface area contributed by atoms with Crippen LogP contribution in [0.5, 0.6) is 0 Å². The minimum atomic E-state index is -0.262. The first-order valence-electron chi connectivity index (χ1n) is 10.1. The predicted octanol–water partition coefficient (Wildman–Crippen LogP) is 5.23. The van der Waals surface area contributed by atoms with Gasteiger partial charge in [0.1, 0.15) is 5.69 Å². The van der Waals surface area contributed by atoms with E-state index in [1.165, 1.54) is 17.7 Å². The van der Waals surface area contributed by atoms with Gasteiger partial charge >= 0.3 is 5.97 Å². The minimum absolute atomic E-state index is 0.262. The van der Waals surface area contributed by atoms with E-state index in [4.69, 9.17) is 9.72 Å². The van der Waals surface area contributed by atoms with Gasteiger partial charge in [-0.15, -0.1) is 0 Å². The Balaban J connectivity index is 2.04. The standard InChI is InChI=1S/C22H32N2O2/c1-6-8-9-16-19-18(24-20(16)21(25)26-7-2)13-14-12-15(22(3,4)5)10-11-17(14)23-19/h13,15,24H,6-12H2,1-5H3. The van der Waals surface area contributed by atoms with E-state index >= 15 is 0 Å². The van der Waals surface area contributed by atoms with Gasteiger partial charge in [-0.1, -0.05) is 34.1 Å². The molecule has 26 heavy (non-hydrogen) atoms. The molecule has 0 amide bonds. The van der Waals surface area contributed by atoms with Crippen LogP contribution in [0.3, 0.4) is 0 Å². The Morgan fingerprint density at radius 1 is 1.35 bits per heavy atom. The number of aryl methyl sites for hydroxylation is 2. The van der Waals surface area contributed by atoms with Gasteiger partial charge in [-0.3, -0.25) is 4.98 Å². The molecule has 0 bridgehead atoms. The topological polar surface area (TPSA) is 55.0 Å². The quantitative estimate of drug-likeness (QED) is 0.746. The number of unbranched alkanes of at least 4 members (excludes halogenated alkanes) is 1. The first kappa shape index (κ1) is 18.9. The fraction of sp³-hybridized carbons (Fsp3) is 0.636. The zero-order chi connectivity index (χ0) is 18.9. The van der Waals surface area contributed by atoms with E-state index in [0.29, 0.717) is 23.6 Å². The zero-order valence-corrected chi connectivity index (χ0v) is 16.9. The number of ether oxygens (including phenoxy) is 1. The highest BCUT2D eigenvalue weighted by Gasteiger charge is 2.30. The number of rotatable bonds is 5. The van der Waals surface area contributed by atoms with Crippen LogP contribution in [0.2, 0.25) is 0 Å². The Kier molecular flexibility index (Phi) is 5.40. The number of esters is 1. The summed E-state index contributed by atoms with van der Waals surface area (Å²) in [5.74, 6) is 0.412. The van der Waals surface area contributed by atoms with E-state index in [2.05, 4.69) is 38.7 Å². The first-order chi connectivity index (χ1) is 12.3. The molecular formula is C22H32N2O2. The number of hydrogen-bond donors (Lipinski definition) is 1. The number of carbonyl (C=O) groups is 1. The van der Waals surface area contributed by atoms with Crippen molar-refractivity contribution in [2.45, 2.75) is 73.1 Å². The second kappa shape index (κ2) is 7.42. The van der Waals surface area contributed by atoms with Crippen LogP contribution in [0.4, 0.5) is 0 Å². The molecule has 4 heteroatoms. The van der Waals surface area contributed by atoms with Gasteiger partial charge in [0.25, 0.3) is 0 Å². The molecule has 2 aromatic rings. The number of carbonyl (C=O) groups excluding carboxylic acids is 1. The molecule has 4 nitrogen and oxygen atoms in total. The highest BCUT2D eigenvalue weighted by molar-refractivity contribution is 5.97. The van der Waals surface area contributed by atoms with Gasteiger partial charge in [0.05, 0.1) is 17.6 Å². The molecule has 1 N–H and O–H groups in total. The van der Waals surface area contributed by atoms with Crippen molar-refractivity contribution < 1.29 is 9.53 Å². The third kappa shape index (κ3) is 3.65. The Labute approximate surface area is 156 Å². The number of H-pyrrole nitrogens is 1. The average molecular weight is 357 g/mol. The molecule has 1 aliphatic carbocycles. The number of aromatic nitrogens is 2. The van der Waals surface area contributed by atoms with Crippen LogP contribution in [-0.4, -0.2) is 22.5 Å². The maximum atomic E-state index is 12.4. The van der Waals surface area contributed by atoms with E-state index in [9.17, 15) is 4.79 Å². The molecule has 0 spiro atoms. The van der Waals surface area contributed by atoms with Crippen molar-refractivity contribution in [3.63, 3.8) is 0 Å². The third-order valence-corrected chi connectivity index (χ3v) is 5.72. The second-order valence-electron chi connectivity index (χ2n) is 8.60. The van der Waals surface area contributed by atoms with Gasteiger partial charge in [-0.25, -0.2) is 4.79 Å². The van der Waals surface area contributed by atoms with Crippen molar-refractivity contribution >= 4 is 17.0 Å². The maximum Gasteiger partial charge on any atom is 0.355 e. The summed E-state index contributed by atoms with van der Waals surface area (Å²) in [5.41, 5.74) is 6.43. The molecule has 2 aromatic heterocycles. The fourth-order valence-corrected chi connectivity index (χ4v) is 4.03. The van der Waals surface area contributed by atoms with Crippen LogP contribution in [0, 0.1) is 11.3 Å². The highest BCUT2D eigenvalue weighted by Crippen LogP contribution is 2.38. The number of nitrogens with one attached hydrogen (secondary N) is 1. The van der Waals surface area contributed by atoms with Gasteiger partial charge < -0.3 is 9.72 Å². The summed E-state index contributed by atoms with van der Waals surface area (Å²) >= 11 is 0. The lowest BCUT2D eigenvalue weighted by molar-refractivity contribution is 0.0519.